The number of benzene rings is 1. The van der Waals surface area contributed by atoms with Crippen molar-refractivity contribution in [2.45, 2.75) is 12.8 Å². The predicted octanol–water partition coefficient (Wildman–Crippen LogP) is 0.552. The molecule has 1 aromatic carbocycles. The molecule has 94 valence electrons. The lowest BCUT2D eigenvalue weighted by atomic mass is 10.1. The van der Waals surface area contributed by atoms with Crippen molar-refractivity contribution >= 4 is 16.8 Å². The van der Waals surface area contributed by atoms with Crippen molar-refractivity contribution < 1.29 is 9.90 Å². The number of pyridine rings is 1. The molecule has 5 nitrogen and oxygen atoms in total. The van der Waals surface area contributed by atoms with E-state index < -0.39 is 11.5 Å². The van der Waals surface area contributed by atoms with Crippen molar-refractivity contribution in [1.82, 2.24) is 4.98 Å². The Morgan fingerprint density at radius 3 is 2.78 bits per heavy atom. The molecule has 2 aromatic rings. The van der Waals surface area contributed by atoms with Crippen LogP contribution in [0.25, 0.3) is 10.9 Å². The lowest BCUT2D eigenvalue weighted by Gasteiger charge is -2.04. The van der Waals surface area contributed by atoms with Gasteiger partial charge in [0, 0.05) is 12.1 Å². The minimum atomic E-state index is -0.737. The maximum absolute atomic E-state index is 11.5. The van der Waals surface area contributed by atoms with Crippen LogP contribution in [0, 0.1) is 0 Å². The summed E-state index contributed by atoms with van der Waals surface area (Å²) in [5, 5.41) is 9.55. The summed E-state index contributed by atoms with van der Waals surface area (Å²) < 4.78 is 0. The Morgan fingerprint density at radius 1 is 1.33 bits per heavy atom. The zero-order chi connectivity index (χ0) is 13.1. The van der Waals surface area contributed by atoms with Crippen LogP contribution in [-0.2, 0) is 6.42 Å². The highest BCUT2D eigenvalue weighted by atomic mass is 16.2. The van der Waals surface area contributed by atoms with Crippen LogP contribution in [0.3, 0.4) is 0 Å². The number of hydrogen-bond acceptors (Lipinski definition) is 3. The number of aliphatic hydroxyl groups is 1. The number of aromatic amines is 1. The van der Waals surface area contributed by atoms with Crippen molar-refractivity contribution in [2.75, 3.05) is 6.61 Å². The molecule has 0 spiro atoms. The number of rotatable bonds is 4. The maximum atomic E-state index is 11.5. The van der Waals surface area contributed by atoms with E-state index in [4.69, 9.17) is 10.8 Å². The summed E-state index contributed by atoms with van der Waals surface area (Å²) in [7, 11) is 0. The van der Waals surface area contributed by atoms with E-state index >= 15 is 0 Å². The average molecular weight is 246 g/mol. The van der Waals surface area contributed by atoms with Crippen molar-refractivity contribution in [1.29, 1.82) is 0 Å². The van der Waals surface area contributed by atoms with Gasteiger partial charge in [0.05, 0.1) is 0 Å². The summed E-state index contributed by atoms with van der Waals surface area (Å²) >= 11 is 0. The summed E-state index contributed by atoms with van der Waals surface area (Å²) in [4.78, 5) is 25.3. The van der Waals surface area contributed by atoms with E-state index in [0.717, 1.165) is 17.4 Å². The van der Waals surface area contributed by atoms with Gasteiger partial charge >= 0.3 is 0 Å². The number of nitrogens with one attached hydrogen (secondary N) is 1. The Kier molecular flexibility index (Phi) is 3.43. The van der Waals surface area contributed by atoms with Gasteiger partial charge in [0.2, 0.25) is 0 Å². The number of carbonyl (C=O) groups excluding carboxylic acids is 1. The molecule has 1 aromatic heterocycles. The van der Waals surface area contributed by atoms with Crippen molar-refractivity contribution in [3.8, 4) is 0 Å². The van der Waals surface area contributed by atoms with Gasteiger partial charge in [-0.25, -0.2) is 0 Å². The highest BCUT2D eigenvalue weighted by molar-refractivity contribution is 5.96. The highest BCUT2D eigenvalue weighted by Gasteiger charge is 2.08. The molecule has 0 saturated carbocycles. The molecule has 1 amide bonds. The predicted molar refractivity (Wildman–Crippen MR) is 68.5 cm³/mol. The van der Waals surface area contributed by atoms with E-state index in [1.165, 1.54) is 6.07 Å². The van der Waals surface area contributed by atoms with E-state index in [-0.39, 0.29) is 12.2 Å². The topological polar surface area (TPSA) is 96.2 Å². The number of fused-ring (bicyclic) bond motifs is 1. The van der Waals surface area contributed by atoms with Gasteiger partial charge in [-0.15, -0.1) is 0 Å². The van der Waals surface area contributed by atoms with E-state index in [1.54, 1.807) is 6.07 Å². The molecule has 0 unspecified atom stereocenters. The lowest BCUT2D eigenvalue weighted by molar-refractivity contribution is 0.0999. The highest BCUT2D eigenvalue weighted by Crippen LogP contribution is 2.14. The van der Waals surface area contributed by atoms with Crippen LogP contribution in [0.5, 0.6) is 0 Å². The first-order valence-electron chi connectivity index (χ1n) is 5.68. The average Bonchev–Trinajstić information content (AvgIpc) is 2.35. The fraction of sp³-hybridized carbons (Fsp3) is 0.231. The number of hydrogen-bond donors (Lipinski definition) is 3. The van der Waals surface area contributed by atoms with Gasteiger partial charge in [-0.3, -0.25) is 9.59 Å². The first-order valence-corrected chi connectivity index (χ1v) is 5.68. The van der Waals surface area contributed by atoms with Crippen LogP contribution in [-0.4, -0.2) is 22.6 Å². The van der Waals surface area contributed by atoms with Gasteiger partial charge in [0.25, 0.3) is 11.5 Å². The standard InChI is InChI=1S/C13H14N2O3/c14-12(17)10-7-9-6-8(2-1-5-16)3-4-11(9)15-13(10)18/h3-4,6-7,16H,1-2,5H2,(H2,14,17)(H,15,18). The second kappa shape index (κ2) is 5.01. The third-order valence-electron chi connectivity index (χ3n) is 2.80. The Bertz CT molecular complexity index is 646. The number of nitrogens with two attached hydrogens (primary N) is 1. The summed E-state index contributed by atoms with van der Waals surface area (Å²) in [5.41, 5.74) is 6.32. The van der Waals surface area contributed by atoms with Gasteiger partial charge < -0.3 is 15.8 Å². The first kappa shape index (κ1) is 12.3. The number of aromatic nitrogens is 1. The summed E-state index contributed by atoms with van der Waals surface area (Å²) in [6.07, 6.45) is 1.43. The van der Waals surface area contributed by atoms with Gasteiger partial charge in [-0.2, -0.15) is 0 Å². The van der Waals surface area contributed by atoms with E-state index in [1.807, 2.05) is 12.1 Å². The largest absolute Gasteiger partial charge is 0.396 e. The van der Waals surface area contributed by atoms with Crippen LogP contribution < -0.4 is 11.3 Å². The van der Waals surface area contributed by atoms with Crippen molar-refractivity contribution in [3.05, 3.63) is 45.7 Å². The van der Waals surface area contributed by atoms with Gasteiger partial charge in [-0.05, 0) is 42.0 Å². The smallest absolute Gasteiger partial charge is 0.261 e. The molecule has 0 saturated heterocycles. The Hall–Kier alpha value is -2.14. The normalized spacial score (nSPS) is 10.7. The molecule has 4 N–H and O–H groups in total. The number of aryl methyl sites for hydroxylation is 1. The quantitative estimate of drug-likeness (QED) is 0.735. The molecule has 0 fully saturated rings. The molecule has 1 heterocycles. The van der Waals surface area contributed by atoms with Crippen molar-refractivity contribution in [2.24, 2.45) is 5.73 Å². The Labute approximate surface area is 103 Å². The second-order valence-electron chi connectivity index (χ2n) is 4.13. The Balaban J connectivity index is 2.51. The molecule has 2 rings (SSSR count). The van der Waals surface area contributed by atoms with Gasteiger partial charge in [0.15, 0.2) is 0 Å². The molecule has 0 aliphatic carbocycles. The summed E-state index contributed by atoms with van der Waals surface area (Å²) in [6.45, 7) is 0.135. The summed E-state index contributed by atoms with van der Waals surface area (Å²) in [5.74, 6) is -0.737. The van der Waals surface area contributed by atoms with Crippen LogP contribution in [0.2, 0.25) is 0 Å². The number of primary amides is 1. The fourth-order valence-corrected chi connectivity index (χ4v) is 1.88. The SMILES string of the molecule is NC(=O)c1cc2cc(CCCO)ccc2[nH]c1=O. The van der Waals surface area contributed by atoms with Gasteiger partial charge in [0.1, 0.15) is 5.56 Å². The molecule has 18 heavy (non-hydrogen) atoms. The minimum absolute atomic E-state index is 0.0400. The van der Waals surface area contributed by atoms with Crippen LogP contribution in [0.1, 0.15) is 22.3 Å². The molecule has 5 heteroatoms. The third-order valence-corrected chi connectivity index (χ3v) is 2.80. The zero-order valence-electron chi connectivity index (χ0n) is 9.77. The molecular weight excluding hydrogens is 232 g/mol. The number of aliphatic hydroxyl groups excluding tert-OH is 1. The molecule has 0 bridgehead atoms. The molecule has 0 radical (unpaired) electrons. The van der Waals surface area contributed by atoms with E-state index in [0.29, 0.717) is 11.9 Å². The molecule has 0 aliphatic heterocycles. The maximum Gasteiger partial charge on any atom is 0.261 e. The summed E-state index contributed by atoms with van der Waals surface area (Å²) in [6, 6.07) is 7.05. The molecular formula is C13H14N2O3. The van der Waals surface area contributed by atoms with Crippen LogP contribution in [0.4, 0.5) is 0 Å². The molecule has 0 aliphatic rings. The lowest BCUT2D eigenvalue weighted by Crippen LogP contribution is -2.23. The van der Waals surface area contributed by atoms with Crippen LogP contribution in [0.15, 0.2) is 29.1 Å². The fourth-order valence-electron chi connectivity index (χ4n) is 1.88. The first-order chi connectivity index (χ1) is 8.61. The second-order valence-corrected chi connectivity index (χ2v) is 4.13. The van der Waals surface area contributed by atoms with E-state index in [2.05, 4.69) is 4.98 Å². The monoisotopic (exact) mass is 246 g/mol. The number of H-pyrrole nitrogens is 1. The molecule has 0 atom stereocenters. The van der Waals surface area contributed by atoms with Gasteiger partial charge in [-0.1, -0.05) is 6.07 Å². The zero-order valence-corrected chi connectivity index (χ0v) is 9.77. The van der Waals surface area contributed by atoms with Crippen LogP contribution >= 0.6 is 0 Å². The third kappa shape index (κ3) is 2.41. The number of amides is 1. The van der Waals surface area contributed by atoms with E-state index in [9.17, 15) is 9.59 Å². The van der Waals surface area contributed by atoms with Crippen molar-refractivity contribution in [3.63, 3.8) is 0 Å². The number of carbonyl (C=O) groups is 1. The Morgan fingerprint density at radius 2 is 2.11 bits per heavy atom. The minimum Gasteiger partial charge on any atom is -0.396 e.